The van der Waals surface area contributed by atoms with E-state index in [1.54, 1.807) is 26.0 Å². The Labute approximate surface area is 170 Å². The minimum Gasteiger partial charge on any atom is -0.462 e. The van der Waals surface area contributed by atoms with Crippen molar-refractivity contribution >= 4 is 22.8 Å². The molecule has 0 aliphatic carbocycles. The molecular weight excluding hydrogens is 399 g/mol. The van der Waals surface area contributed by atoms with Crippen molar-refractivity contribution in [1.29, 1.82) is 0 Å². The van der Waals surface area contributed by atoms with Crippen LogP contribution in [-0.2, 0) is 15.7 Å². The Morgan fingerprint density at radius 1 is 0.933 bits per heavy atom. The molecule has 0 spiro atoms. The molecule has 0 aliphatic rings. The minimum atomic E-state index is -4.52. The number of pyridine rings is 1. The molecule has 0 saturated heterocycles. The molecular formula is C22H18F3NO4. The van der Waals surface area contributed by atoms with Crippen LogP contribution in [0.15, 0.2) is 48.7 Å². The zero-order valence-corrected chi connectivity index (χ0v) is 16.2. The third-order valence-electron chi connectivity index (χ3n) is 4.38. The van der Waals surface area contributed by atoms with Gasteiger partial charge < -0.3 is 9.47 Å². The van der Waals surface area contributed by atoms with Crippen LogP contribution in [-0.4, -0.2) is 30.1 Å². The van der Waals surface area contributed by atoms with E-state index in [0.717, 1.165) is 12.1 Å². The van der Waals surface area contributed by atoms with Crippen molar-refractivity contribution in [2.75, 3.05) is 13.2 Å². The Morgan fingerprint density at radius 2 is 1.57 bits per heavy atom. The molecule has 0 fully saturated rings. The summed E-state index contributed by atoms with van der Waals surface area (Å²) < 4.78 is 49.3. The first-order valence-corrected chi connectivity index (χ1v) is 9.20. The lowest BCUT2D eigenvalue weighted by Gasteiger charge is -2.14. The molecule has 3 rings (SSSR count). The second-order valence-electron chi connectivity index (χ2n) is 6.29. The highest BCUT2D eigenvalue weighted by Gasteiger charge is 2.31. The maximum atomic E-state index is 13.1. The fourth-order valence-corrected chi connectivity index (χ4v) is 3.03. The maximum absolute atomic E-state index is 13.1. The quantitative estimate of drug-likeness (QED) is 0.529. The average Bonchev–Trinajstić information content (AvgIpc) is 2.72. The molecule has 0 amide bonds. The second kappa shape index (κ2) is 8.52. The fourth-order valence-electron chi connectivity index (χ4n) is 3.03. The summed E-state index contributed by atoms with van der Waals surface area (Å²) in [5.74, 6) is -1.14. The van der Waals surface area contributed by atoms with Crippen LogP contribution in [0.3, 0.4) is 0 Å². The van der Waals surface area contributed by atoms with E-state index in [4.69, 9.17) is 9.47 Å². The summed E-state index contributed by atoms with van der Waals surface area (Å²) in [4.78, 5) is 28.4. The van der Waals surface area contributed by atoms with E-state index < -0.39 is 23.7 Å². The fraction of sp³-hybridized carbons (Fsp3) is 0.227. The number of alkyl halides is 3. The molecule has 0 saturated carbocycles. The van der Waals surface area contributed by atoms with Crippen molar-refractivity contribution in [3.05, 3.63) is 65.4 Å². The van der Waals surface area contributed by atoms with Gasteiger partial charge in [0.2, 0.25) is 0 Å². The van der Waals surface area contributed by atoms with Gasteiger partial charge in [0, 0.05) is 17.1 Å². The van der Waals surface area contributed by atoms with Crippen molar-refractivity contribution in [2.45, 2.75) is 20.0 Å². The van der Waals surface area contributed by atoms with Gasteiger partial charge in [-0.1, -0.05) is 18.2 Å². The maximum Gasteiger partial charge on any atom is 0.416 e. The molecule has 0 bridgehead atoms. The van der Waals surface area contributed by atoms with Crippen LogP contribution < -0.4 is 0 Å². The first-order chi connectivity index (χ1) is 14.3. The van der Waals surface area contributed by atoms with Crippen molar-refractivity contribution < 1.29 is 32.2 Å². The predicted molar refractivity (Wildman–Crippen MR) is 104 cm³/mol. The number of carbonyl (C=O) groups is 2. The third-order valence-corrected chi connectivity index (χ3v) is 4.38. The first-order valence-electron chi connectivity index (χ1n) is 9.20. The number of aromatic nitrogens is 1. The third kappa shape index (κ3) is 4.27. The van der Waals surface area contributed by atoms with Crippen LogP contribution in [0.5, 0.6) is 0 Å². The van der Waals surface area contributed by atoms with E-state index in [0.29, 0.717) is 22.1 Å². The smallest absolute Gasteiger partial charge is 0.416 e. The normalized spacial score (nSPS) is 11.4. The summed E-state index contributed by atoms with van der Waals surface area (Å²) in [7, 11) is 0. The molecule has 5 nitrogen and oxygen atoms in total. The van der Waals surface area contributed by atoms with E-state index >= 15 is 0 Å². The van der Waals surface area contributed by atoms with Crippen LogP contribution in [0.1, 0.15) is 40.1 Å². The highest BCUT2D eigenvalue weighted by atomic mass is 19.4. The Morgan fingerprint density at radius 3 is 2.17 bits per heavy atom. The Bertz CT molecular complexity index is 1090. The number of carbonyl (C=O) groups excluding carboxylic acids is 2. The van der Waals surface area contributed by atoms with Gasteiger partial charge in [-0.05, 0) is 43.7 Å². The summed E-state index contributed by atoms with van der Waals surface area (Å²) in [6.07, 6.45) is -3.31. The van der Waals surface area contributed by atoms with E-state index in [1.165, 1.54) is 24.4 Å². The molecule has 8 heteroatoms. The van der Waals surface area contributed by atoms with Crippen LogP contribution in [0.4, 0.5) is 13.2 Å². The topological polar surface area (TPSA) is 65.5 Å². The number of benzene rings is 2. The van der Waals surface area contributed by atoms with Crippen LogP contribution in [0.25, 0.3) is 22.0 Å². The monoisotopic (exact) mass is 417 g/mol. The zero-order valence-electron chi connectivity index (χ0n) is 16.2. The van der Waals surface area contributed by atoms with Gasteiger partial charge >= 0.3 is 18.1 Å². The number of hydrogen-bond acceptors (Lipinski definition) is 5. The number of halogens is 3. The van der Waals surface area contributed by atoms with E-state index in [2.05, 4.69) is 4.98 Å². The number of nitrogens with zero attached hydrogens (tertiary/aromatic N) is 1. The molecule has 30 heavy (non-hydrogen) atoms. The van der Waals surface area contributed by atoms with Gasteiger partial charge in [0.25, 0.3) is 0 Å². The van der Waals surface area contributed by atoms with E-state index in [-0.39, 0.29) is 24.3 Å². The van der Waals surface area contributed by atoms with Gasteiger partial charge in [0.05, 0.1) is 35.4 Å². The molecule has 2 aromatic carbocycles. The van der Waals surface area contributed by atoms with Crippen molar-refractivity contribution in [2.24, 2.45) is 0 Å². The Kier molecular flexibility index (Phi) is 6.05. The van der Waals surface area contributed by atoms with Gasteiger partial charge in [0.1, 0.15) is 0 Å². The molecule has 0 unspecified atom stereocenters. The zero-order chi connectivity index (χ0) is 21.9. The number of rotatable bonds is 5. The molecule has 1 heterocycles. The Hall–Kier alpha value is -3.42. The van der Waals surface area contributed by atoms with Gasteiger partial charge in [-0.25, -0.2) is 9.59 Å². The molecule has 0 radical (unpaired) electrons. The molecule has 156 valence electrons. The van der Waals surface area contributed by atoms with Crippen molar-refractivity contribution in [1.82, 2.24) is 4.98 Å². The average molecular weight is 417 g/mol. The number of ether oxygens (including phenoxy) is 2. The molecule has 0 atom stereocenters. The molecule has 0 N–H and O–H groups in total. The summed E-state index contributed by atoms with van der Waals surface area (Å²) in [6, 6.07) is 9.40. The molecule has 0 aliphatic heterocycles. The summed E-state index contributed by atoms with van der Waals surface area (Å²) in [5.41, 5.74) is 0.585. The van der Waals surface area contributed by atoms with Crippen molar-refractivity contribution in [3.8, 4) is 11.1 Å². The number of esters is 2. The number of hydrogen-bond donors (Lipinski definition) is 0. The van der Waals surface area contributed by atoms with E-state index in [9.17, 15) is 22.8 Å². The van der Waals surface area contributed by atoms with Gasteiger partial charge in [-0.15, -0.1) is 0 Å². The van der Waals surface area contributed by atoms with Crippen LogP contribution >= 0.6 is 0 Å². The Balaban J connectivity index is 2.19. The summed E-state index contributed by atoms with van der Waals surface area (Å²) in [6.45, 7) is 3.70. The van der Waals surface area contributed by atoms with E-state index in [1.807, 2.05) is 0 Å². The standard InChI is InChI=1S/C22H18F3NO4/c1-3-29-20(27)14-7-5-13(6-8-14)19-16-10-9-15(22(23,24)25)11-18(16)26-12-17(19)21(28)30-4-2/h5-12H,3-4H2,1-2H3. The lowest BCUT2D eigenvalue weighted by atomic mass is 9.95. The van der Waals surface area contributed by atoms with Gasteiger partial charge in [-0.2, -0.15) is 13.2 Å². The second-order valence-corrected chi connectivity index (χ2v) is 6.29. The molecule has 3 aromatic rings. The van der Waals surface area contributed by atoms with Crippen LogP contribution in [0, 0.1) is 0 Å². The minimum absolute atomic E-state index is 0.0855. The van der Waals surface area contributed by atoms with Crippen molar-refractivity contribution in [3.63, 3.8) is 0 Å². The summed E-state index contributed by atoms with van der Waals surface area (Å²) in [5, 5.41) is 0.359. The van der Waals surface area contributed by atoms with Gasteiger partial charge in [0.15, 0.2) is 0 Å². The first kappa shape index (κ1) is 21.3. The molecule has 1 aromatic heterocycles. The van der Waals surface area contributed by atoms with Crippen LogP contribution in [0.2, 0.25) is 0 Å². The van der Waals surface area contributed by atoms with Gasteiger partial charge in [-0.3, -0.25) is 4.98 Å². The highest BCUT2D eigenvalue weighted by Crippen LogP contribution is 2.36. The number of fused-ring (bicyclic) bond motifs is 1. The largest absolute Gasteiger partial charge is 0.462 e. The predicted octanol–water partition coefficient (Wildman–Crippen LogP) is 5.27. The summed E-state index contributed by atoms with van der Waals surface area (Å²) >= 11 is 0. The highest BCUT2D eigenvalue weighted by molar-refractivity contribution is 6.07. The lowest BCUT2D eigenvalue weighted by molar-refractivity contribution is -0.137. The lowest BCUT2D eigenvalue weighted by Crippen LogP contribution is -2.09. The SMILES string of the molecule is CCOC(=O)c1ccc(-c2c(C(=O)OCC)cnc3cc(C(F)(F)F)ccc23)cc1.